The van der Waals surface area contributed by atoms with Gasteiger partial charge in [-0.05, 0) is 17.5 Å². The molecule has 1 aromatic rings. The average Bonchev–Trinajstić information content (AvgIpc) is 2.28. The number of ketones is 1. The maximum absolute atomic E-state index is 11.8. The molecule has 0 bridgehead atoms. The molecule has 16 heavy (non-hydrogen) atoms. The van der Waals surface area contributed by atoms with Crippen LogP contribution < -0.4 is 0 Å². The van der Waals surface area contributed by atoms with Crippen molar-refractivity contribution in [2.24, 2.45) is 0 Å². The molecule has 2 heterocycles. The molecule has 1 aromatic carbocycles. The van der Waals surface area contributed by atoms with Gasteiger partial charge in [-0.2, -0.15) is 0 Å². The number of Topliss-reactive ketones (excluding diaryl/α,β-unsaturated/α-hetero) is 1. The summed E-state index contributed by atoms with van der Waals surface area (Å²) in [4.78, 5) is 25.1. The van der Waals surface area contributed by atoms with E-state index in [1.165, 1.54) is 5.56 Å². The largest absolute Gasteiger partial charge is 0.334 e. The van der Waals surface area contributed by atoms with Crippen LogP contribution in [-0.2, 0) is 16.0 Å². The van der Waals surface area contributed by atoms with Gasteiger partial charge in [0.05, 0.1) is 12.5 Å². The Balaban J connectivity index is 2.04. The highest BCUT2D eigenvalue weighted by atomic mass is 16.2. The molecule has 0 N–H and O–H groups in total. The van der Waals surface area contributed by atoms with Crippen molar-refractivity contribution < 1.29 is 9.59 Å². The first-order valence-corrected chi connectivity index (χ1v) is 5.64. The number of rotatable bonds is 0. The number of carbonyl (C=O) groups is 2. The summed E-state index contributed by atoms with van der Waals surface area (Å²) in [6.07, 6.45) is 1.49. The second-order valence-electron chi connectivity index (χ2n) is 4.47. The molecule has 3 heteroatoms. The molecule has 3 rings (SSSR count). The van der Waals surface area contributed by atoms with Crippen LogP contribution in [-0.4, -0.2) is 23.1 Å². The van der Waals surface area contributed by atoms with Crippen molar-refractivity contribution in [1.82, 2.24) is 4.90 Å². The molecule has 0 spiro atoms. The molecule has 82 valence electrons. The van der Waals surface area contributed by atoms with Crippen molar-refractivity contribution in [3.63, 3.8) is 0 Å². The zero-order chi connectivity index (χ0) is 11.1. The molecule has 1 amide bonds. The topological polar surface area (TPSA) is 37.4 Å². The third kappa shape index (κ3) is 1.35. The lowest BCUT2D eigenvalue weighted by molar-refractivity contribution is -0.143. The summed E-state index contributed by atoms with van der Waals surface area (Å²) in [5.74, 6) is 0.0682. The van der Waals surface area contributed by atoms with Crippen LogP contribution in [0.15, 0.2) is 24.3 Å². The van der Waals surface area contributed by atoms with Crippen LogP contribution in [0.3, 0.4) is 0 Å². The smallest absolute Gasteiger partial charge is 0.230 e. The Kier molecular flexibility index (Phi) is 2.06. The van der Waals surface area contributed by atoms with Gasteiger partial charge in [0.2, 0.25) is 5.91 Å². The maximum atomic E-state index is 11.8. The Morgan fingerprint density at radius 1 is 1.19 bits per heavy atom. The van der Waals surface area contributed by atoms with E-state index in [1.807, 2.05) is 23.1 Å². The third-order valence-corrected chi connectivity index (χ3v) is 3.50. The van der Waals surface area contributed by atoms with Crippen LogP contribution in [0.4, 0.5) is 0 Å². The monoisotopic (exact) mass is 215 g/mol. The van der Waals surface area contributed by atoms with Gasteiger partial charge < -0.3 is 4.90 Å². The highest BCUT2D eigenvalue weighted by Gasteiger charge is 2.36. The van der Waals surface area contributed by atoms with Crippen LogP contribution >= 0.6 is 0 Å². The number of carbonyl (C=O) groups excluding carboxylic acids is 2. The van der Waals surface area contributed by atoms with Crippen molar-refractivity contribution in [3.05, 3.63) is 35.4 Å². The van der Waals surface area contributed by atoms with Crippen LogP contribution in [0, 0.1) is 0 Å². The summed E-state index contributed by atoms with van der Waals surface area (Å²) in [7, 11) is 0. The first kappa shape index (κ1) is 9.58. The van der Waals surface area contributed by atoms with E-state index in [4.69, 9.17) is 0 Å². The summed E-state index contributed by atoms with van der Waals surface area (Å²) in [5, 5.41) is 0. The standard InChI is InChI=1S/C13H13NO2/c15-10-7-12-11-4-2-1-3-9(11)5-6-14(12)13(16)8-10/h1-4,12H,5-8H2/t12-/m0/s1. The lowest BCUT2D eigenvalue weighted by atomic mass is 9.86. The molecular formula is C13H13NO2. The number of nitrogens with zero attached hydrogens (tertiary/aromatic N) is 1. The normalized spacial score (nSPS) is 24.0. The van der Waals surface area contributed by atoms with E-state index in [-0.39, 0.29) is 24.2 Å². The van der Waals surface area contributed by atoms with Crippen molar-refractivity contribution in [1.29, 1.82) is 0 Å². The zero-order valence-corrected chi connectivity index (χ0v) is 8.98. The molecule has 2 aliphatic heterocycles. The van der Waals surface area contributed by atoms with E-state index in [2.05, 4.69) is 6.07 Å². The van der Waals surface area contributed by atoms with Crippen molar-refractivity contribution in [2.45, 2.75) is 25.3 Å². The minimum absolute atomic E-state index is 0.00120. The Morgan fingerprint density at radius 3 is 2.88 bits per heavy atom. The number of hydrogen-bond acceptors (Lipinski definition) is 2. The number of benzene rings is 1. The fraction of sp³-hybridized carbons (Fsp3) is 0.385. The summed E-state index contributed by atoms with van der Waals surface area (Å²) in [5.41, 5.74) is 2.45. The number of piperidine rings is 1. The molecule has 3 nitrogen and oxygen atoms in total. The van der Waals surface area contributed by atoms with Crippen LogP contribution in [0.25, 0.3) is 0 Å². The number of fused-ring (bicyclic) bond motifs is 3. The van der Waals surface area contributed by atoms with Gasteiger partial charge in [0, 0.05) is 13.0 Å². The van der Waals surface area contributed by atoms with Crippen LogP contribution in [0.5, 0.6) is 0 Å². The summed E-state index contributed by atoms with van der Waals surface area (Å²) in [6.45, 7) is 0.758. The van der Waals surface area contributed by atoms with Gasteiger partial charge in [-0.15, -0.1) is 0 Å². The van der Waals surface area contributed by atoms with Crippen LogP contribution in [0.2, 0.25) is 0 Å². The fourth-order valence-electron chi connectivity index (χ4n) is 2.73. The fourth-order valence-corrected chi connectivity index (χ4v) is 2.73. The summed E-state index contributed by atoms with van der Waals surface area (Å²) in [6, 6.07) is 8.12. The second kappa shape index (κ2) is 3.44. The van der Waals surface area contributed by atoms with E-state index >= 15 is 0 Å². The molecule has 0 aliphatic carbocycles. The predicted molar refractivity (Wildman–Crippen MR) is 58.8 cm³/mol. The summed E-state index contributed by atoms with van der Waals surface area (Å²) < 4.78 is 0. The number of hydrogen-bond donors (Lipinski definition) is 0. The van der Waals surface area contributed by atoms with Crippen molar-refractivity contribution >= 4 is 11.7 Å². The van der Waals surface area contributed by atoms with Crippen LogP contribution in [0.1, 0.15) is 30.0 Å². The van der Waals surface area contributed by atoms with E-state index in [9.17, 15) is 9.59 Å². The molecule has 0 radical (unpaired) electrons. The van der Waals surface area contributed by atoms with Gasteiger partial charge in [-0.25, -0.2) is 0 Å². The minimum atomic E-state index is -0.00393. The molecule has 0 saturated carbocycles. The van der Waals surface area contributed by atoms with Gasteiger partial charge in [-0.3, -0.25) is 9.59 Å². The molecule has 0 unspecified atom stereocenters. The van der Waals surface area contributed by atoms with Gasteiger partial charge >= 0.3 is 0 Å². The summed E-state index contributed by atoms with van der Waals surface area (Å²) >= 11 is 0. The van der Waals surface area contributed by atoms with Crippen molar-refractivity contribution in [2.75, 3.05) is 6.54 Å². The average molecular weight is 215 g/mol. The molecule has 1 saturated heterocycles. The maximum Gasteiger partial charge on any atom is 0.230 e. The Bertz CT molecular complexity index is 467. The quantitative estimate of drug-likeness (QED) is 0.615. The number of amides is 1. The SMILES string of the molecule is O=C1CC(=O)N2CCc3ccccc3[C@@H]2C1. The van der Waals surface area contributed by atoms with E-state index < -0.39 is 0 Å². The molecule has 0 aromatic heterocycles. The van der Waals surface area contributed by atoms with Gasteiger partial charge in [0.1, 0.15) is 5.78 Å². The van der Waals surface area contributed by atoms with Gasteiger partial charge in [-0.1, -0.05) is 24.3 Å². The molecule has 1 fully saturated rings. The van der Waals surface area contributed by atoms with E-state index in [1.54, 1.807) is 0 Å². The highest BCUT2D eigenvalue weighted by Crippen LogP contribution is 2.35. The Labute approximate surface area is 94.1 Å². The zero-order valence-electron chi connectivity index (χ0n) is 8.98. The Hall–Kier alpha value is -1.64. The minimum Gasteiger partial charge on any atom is -0.334 e. The lowest BCUT2D eigenvalue weighted by Gasteiger charge is -2.39. The van der Waals surface area contributed by atoms with E-state index in [0.29, 0.717) is 6.42 Å². The highest BCUT2D eigenvalue weighted by molar-refractivity contribution is 6.01. The molecule has 2 aliphatic rings. The first-order chi connectivity index (χ1) is 7.75. The van der Waals surface area contributed by atoms with Crippen molar-refractivity contribution in [3.8, 4) is 0 Å². The molecular weight excluding hydrogens is 202 g/mol. The lowest BCUT2D eigenvalue weighted by Crippen LogP contribution is -2.45. The first-order valence-electron chi connectivity index (χ1n) is 5.64. The third-order valence-electron chi connectivity index (χ3n) is 3.50. The second-order valence-corrected chi connectivity index (χ2v) is 4.47. The van der Waals surface area contributed by atoms with Gasteiger partial charge in [0.25, 0.3) is 0 Å². The van der Waals surface area contributed by atoms with Gasteiger partial charge in [0.15, 0.2) is 0 Å². The predicted octanol–water partition coefficient (Wildman–Crippen LogP) is 1.48. The molecule has 1 atom stereocenters. The van der Waals surface area contributed by atoms with E-state index in [0.717, 1.165) is 18.5 Å². The Morgan fingerprint density at radius 2 is 2.00 bits per heavy atom.